The molecule has 0 aliphatic heterocycles. The summed E-state index contributed by atoms with van der Waals surface area (Å²) in [6.07, 6.45) is 11.1. The highest BCUT2D eigenvalue weighted by Gasteiger charge is 2.42. The molecule has 4 rings (SSSR count). The molecule has 2 bridgehead atoms. The Hall–Kier alpha value is -1.31. The topological polar surface area (TPSA) is 29.1 Å². The molecule has 1 amide bonds. The van der Waals surface area contributed by atoms with Crippen molar-refractivity contribution in [1.29, 1.82) is 0 Å². The minimum atomic E-state index is -0.343. The summed E-state index contributed by atoms with van der Waals surface area (Å²) in [5.74, 6) is 2.79. The fourth-order valence-corrected chi connectivity index (χ4v) is 5.96. The van der Waals surface area contributed by atoms with Crippen molar-refractivity contribution in [2.75, 3.05) is 0 Å². The van der Waals surface area contributed by atoms with Crippen LogP contribution in [0.2, 0.25) is 0 Å². The fraction of sp³-hybridized carbons (Fsp3) is 0.696. The lowest BCUT2D eigenvalue weighted by Crippen LogP contribution is -2.52. The third-order valence-electron chi connectivity index (χ3n) is 7.52. The number of benzene rings is 1. The molecular formula is C23H33NO. The van der Waals surface area contributed by atoms with Gasteiger partial charge in [0.25, 0.3) is 0 Å². The van der Waals surface area contributed by atoms with Crippen LogP contribution in [0.4, 0.5) is 0 Å². The summed E-state index contributed by atoms with van der Waals surface area (Å²) < 4.78 is 0. The third kappa shape index (κ3) is 3.13. The second-order valence-electron chi connectivity index (χ2n) is 9.11. The van der Waals surface area contributed by atoms with Crippen molar-refractivity contribution < 1.29 is 4.79 Å². The molecular weight excluding hydrogens is 306 g/mol. The van der Waals surface area contributed by atoms with Gasteiger partial charge in [-0.05, 0) is 87.2 Å². The first kappa shape index (κ1) is 17.1. The highest BCUT2D eigenvalue weighted by atomic mass is 16.2. The van der Waals surface area contributed by atoms with Crippen molar-refractivity contribution in [3.8, 4) is 0 Å². The Labute approximate surface area is 152 Å². The van der Waals surface area contributed by atoms with Crippen molar-refractivity contribution in [1.82, 2.24) is 5.32 Å². The maximum Gasteiger partial charge on any atom is 0.230 e. The van der Waals surface area contributed by atoms with Crippen LogP contribution in [0.3, 0.4) is 0 Å². The summed E-state index contributed by atoms with van der Waals surface area (Å²) in [6.45, 7) is 4.50. The van der Waals surface area contributed by atoms with Gasteiger partial charge in [-0.25, -0.2) is 0 Å². The minimum Gasteiger partial charge on any atom is -0.352 e. The van der Waals surface area contributed by atoms with Crippen molar-refractivity contribution in [2.24, 2.45) is 17.8 Å². The molecule has 2 fully saturated rings. The molecule has 0 saturated heterocycles. The van der Waals surface area contributed by atoms with E-state index in [-0.39, 0.29) is 11.3 Å². The molecule has 2 saturated carbocycles. The Morgan fingerprint density at radius 2 is 2.04 bits per heavy atom. The molecule has 3 aliphatic rings. The molecule has 0 spiro atoms. The fourth-order valence-electron chi connectivity index (χ4n) is 5.96. The Bertz CT molecular complexity index is 639. The van der Waals surface area contributed by atoms with Crippen LogP contribution in [0.5, 0.6) is 0 Å². The molecule has 0 aromatic heterocycles. The second-order valence-corrected chi connectivity index (χ2v) is 9.11. The first-order valence-electron chi connectivity index (χ1n) is 10.5. The monoisotopic (exact) mass is 339 g/mol. The van der Waals surface area contributed by atoms with Gasteiger partial charge >= 0.3 is 0 Å². The molecule has 1 N–H and O–H groups in total. The lowest BCUT2D eigenvalue weighted by atomic mass is 9.65. The first-order chi connectivity index (χ1) is 12.1. The van der Waals surface area contributed by atoms with E-state index in [0.29, 0.717) is 12.0 Å². The largest absolute Gasteiger partial charge is 0.352 e. The number of hydrogen-bond donors (Lipinski definition) is 1. The van der Waals surface area contributed by atoms with Crippen LogP contribution in [0.15, 0.2) is 24.3 Å². The number of carbonyl (C=O) groups is 1. The SMILES string of the molecule is CCC1CC2CCC(NC(=O)C3(C)CCCc4ccccc43)C(C1)C2. The van der Waals surface area contributed by atoms with Gasteiger partial charge in [0.15, 0.2) is 0 Å². The van der Waals surface area contributed by atoms with E-state index < -0.39 is 0 Å². The first-order valence-corrected chi connectivity index (χ1v) is 10.5. The zero-order valence-corrected chi connectivity index (χ0v) is 15.9. The Morgan fingerprint density at radius 1 is 1.20 bits per heavy atom. The van der Waals surface area contributed by atoms with Crippen molar-refractivity contribution in [3.63, 3.8) is 0 Å². The number of hydrogen-bond acceptors (Lipinski definition) is 1. The predicted molar refractivity (Wildman–Crippen MR) is 103 cm³/mol. The average Bonchev–Trinajstić information content (AvgIpc) is 2.64. The van der Waals surface area contributed by atoms with Crippen LogP contribution >= 0.6 is 0 Å². The normalized spacial score (nSPS) is 37.2. The lowest BCUT2D eigenvalue weighted by Gasteiger charge is -2.45. The van der Waals surface area contributed by atoms with Crippen LogP contribution in [-0.2, 0) is 16.6 Å². The molecule has 5 unspecified atom stereocenters. The maximum atomic E-state index is 13.4. The van der Waals surface area contributed by atoms with E-state index >= 15 is 0 Å². The Balaban J connectivity index is 1.51. The summed E-state index contributed by atoms with van der Waals surface area (Å²) >= 11 is 0. The van der Waals surface area contributed by atoms with E-state index in [1.807, 2.05) is 0 Å². The number of aryl methyl sites for hydroxylation is 1. The second kappa shape index (κ2) is 6.78. The molecule has 2 nitrogen and oxygen atoms in total. The van der Waals surface area contributed by atoms with Gasteiger partial charge < -0.3 is 5.32 Å². The number of fused-ring (bicyclic) bond motifs is 3. The highest BCUT2D eigenvalue weighted by molar-refractivity contribution is 5.88. The standard InChI is InChI=1S/C23H33NO/c1-3-16-13-17-10-11-21(19(14-16)15-17)24-22(25)23(2)12-6-8-18-7-4-5-9-20(18)23/h4-5,7,9,16-17,19,21H,3,6,8,10-15H2,1-2H3,(H,24,25). The van der Waals surface area contributed by atoms with Crippen molar-refractivity contribution in [2.45, 2.75) is 83.1 Å². The minimum absolute atomic E-state index is 0.279. The van der Waals surface area contributed by atoms with E-state index in [0.717, 1.165) is 31.1 Å². The number of amides is 1. The Morgan fingerprint density at radius 3 is 2.88 bits per heavy atom. The van der Waals surface area contributed by atoms with Crippen LogP contribution in [0.1, 0.15) is 76.3 Å². The Kier molecular flexibility index (Phi) is 4.64. The number of nitrogens with one attached hydrogen (secondary N) is 1. The van der Waals surface area contributed by atoms with Crippen LogP contribution in [-0.4, -0.2) is 11.9 Å². The van der Waals surface area contributed by atoms with E-state index in [1.54, 1.807) is 0 Å². The summed E-state index contributed by atoms with van der Waals surface area (Å²) in [5, 5.41) is 3.53. The molecule has 1 aromatic carbocycles. The van der Waals surface area contributed by atoms with E-state index in [1.165, 1.54) is 49.7 Å². The molecule has 2 heteroatoms. The van der Waals surface area contributed by atoms with Gasteiger partial charge in [-0.2, -0.15) is 0 Å². The average molecular weight is 340 g/mol. The molecule has 5 atom stereocenters. The summed E-state index contributed by atoms with van der Waals surface area (Å²) in [6, 6.07) is 8.99. The molecule has 1 aromatic rings. The third-order valence-corrected chi connectivity index (χ3v) is 7.52. The summed E-state index contributed by atoms with van der Waals surface area (Å²) in [7, 11) is 0. The zero-order chi connectivity index (χ0) is 17.4. The lowest BCUT2D eigenvalue weighted by molar-refractivity contribution is -0.128. The molecule has 3 aliphatic carbocycles. The van der Waals surface area contributed by atoms with Crippen LogP contribution in [0, 0.1) is 17.8 Å². The maximum absolute atomic E-state index is 13.4. The van der Waals surface area contributed by atoms with Gasteiger partial charge in [-0.3, -0.25) is 4.79 Å². The van der Waals surface area contributed by atoms with E-state index in [9.17, 15) is 4.79 Å². The van der Waals surface area contributed by atoms with Gasteiger partial charge in [0.05, 0.1) is 5.41 Å². The van der Waals surface area contributed by atoms with Crippen LogP contribution in [0.25, 0.3) is 0 Å². The van der Waals surface area contributed by atoms with Gasteiger partial charge in [0.2, 0.25) is 5.91 Å². The van der Waals surface area contributed by atoms with Gasteiger partial charge in [-0.1, -0.05) is 37.6 Å². The van der Waals surface area contributed by atoms with E-state index in [4.69, 9.17) is 0 Å². The van der Waals surface area contributed by atoms with Gasteiger partial charge in [0, 0.05) is 6.04 Å². The smallest absolute Gasteiger partial charge is 0.230 e. The molecule has 136 valence electrons. The van der Waals surface area contributed by atoms with Gasteiger partial charge in [-0.15, -0.1) is 0 Å². The van der Waals surface area contributed by atoms with Crippen molar-refractivity contribution in [3.05, 3.63) is 35.4 Å². The number of rotatable bonds is 3. The van der Waals surface area contributed by atoms with Crippen LogP contribution < -0.4 is 5.32 Å². The van der Waals surface area contributed by atoms with Crippen molar-refractivity contribution >= 4 is 5.91 Å². The molecule has 25 heavy (non-hydrogen) atoms. The molecule has 0 heterocycles. The summed E-state index contributed by atoms with van der Waals surface area (Å²) in [4.78, 5) is 13.4. The quantitative estimate of drug-likeness (QED) is 0.825. The van der Waals surface area contributed by atoms with Gasteiger partial charge in [0.1, 0.15) is 0 Å². The zero-order valence-electron chi connectivity index (χ0n) is 15.9. The highest BCUT2D eigenvalue weighted by Crippen LogP contribution is 2.44. The molecule has 0 radical (unpaired) electrons. The summed E-state index contributed by atoms with van der Waals surface area (Å²) in [5.41, 5.74) is 2.30. The number of carbonyl (C=O) groups excluding carboxylic acids is 1. The predicted octanol–water partition coefficient (Wildman–Crippen LogP) is 5.00. The van der Waals surface area contributed by atoms with E-state index in [2.05, 4.69) is 43.4 Å².